The molecule has 1 aliphatic heterocycles. The SMILES string of the molecule is CCCC1CCC(=O)N(C)CC1. The Labute approximate surface area is 74.9 Å². The van der Waals surface area contributed by atoms with Gasteiger partial charge in [-0.15, -0.1) is 0 Å². The second-order valence-electron chi connectivity index (χ2n) is 3.80. The smallest absolute Gasteiger partial charge is 0.222 e. The maximum Gasteiger partial charge on any atom is 0.222 e. The lowest BCUT2D eigenvalue weighted by molar-refractivity contribution is -0.129. The number of hydrogen-bond donors (Lipinski definition) is 0. The molecule has 1 saturated heterocycles. The van der Waals surface area contributed by atoms with Crippen molar-refractivity contribution in [2.75, 3.05) is 13.6 Å². The Morgan fingerprint density at radius 3 is 2.92 bits per heavy atom. The lowest BCUT2D eigenvalue weighted by Crippen LogP contribution is -2.25. The lowest BCUT2D eigenvalue weighted by atomic mass is 9.96. The fraction of sp³-hybridized carbons (Fsp3) is 0.900. The van der Waals surface area contributed by atoms with E-state index in [1.807, 2.05) is 11.9 Å². The summed E-state index contributed by atoms with van der Waals surface area (Å²) < 4.78 is 0. The monoisotopic (exact) mass is 169 g/mol. The van der Waals surface area contributed by atoms with Gasteiger partial charge in [0.2, 0.25) is 5.91 Å². The molecule has 0 bridgehead atoms. The Morgan fingerprint density at radius 1 is 1.50 bits per heavy atom. The van der Waals surface area contributed by atoms with Crippen molar-refractivity contribution in [3.05, 3.63) is 0 Å². The minimum absolute atomic E-state index is 0.327. The first-order chi connectivity index (χ1) is 5.74. The second kappa shape index (κ2) is 4.48. The van der Waals surface area contributed by atoms with Crippen molar-refractivity contribution in [3.63, 3.8) is 0 Å². The summed E-state index contributed by atoms with van der Waals surface area (Å²) in [6.07, 6.45) is 5.62. The fourth-order valence-electron chi connectivity index (χ4n) is 1.86. The molecular weight excluding hydrogens is 150 g/mol. The molecule has 12 heavy (non-hydrogen) atoms. The van der Waals surface area contributed by atoms with Crippen LogP contribution in [0.1, 0.15) is 39.0 Å². The van der Waals surface area contributed by atoms with Gasteiger partial charge in [-0.3, -0.25) is 4.79 Å². The van der Waals surface area contributed by atoms with Crippen molar-refractivity contribution >= 4 is 5.91 Å². The van der Waals surface area contributed by atoms with E-state index in [4.69, 9.17) is 0 Å². The first kappa shape index (κ1) is 9.56. The molecule has 1 rings (SSSR count). The van der Waals surface area contributed by atoms with E-state index in [0.29, 0.717) is 5.91 Å². The molecular formula is C10H19NO. The van der Waals surface area contributed by atoms with Gasteiger partial charge in [-0.2, -0.15) is 0 Å². The molecule has 1 fully saturated rings. The fourth-order valence-corrected chi connectivity index (χ4v) is 1.86. The van der Waals surface area contributed by atoms with E-state index in [-0.39, 0.29) is 0 Å². The zero-order chi connectivity index (χ0) is 8.97. The number of carbonyl (C=O) groups excluding carboxylic acids is 1. The lowest BCUT2D eigenvalue weighted by Gasteiger charge is -2.14. The van der Waals surface area contributed by atoms with E-state index in [0.717, 1.165) is 25.3 Å². The molecule has 0 N–H and O–H groups in total. The van der Waals surface area contributed by atoms with Gasteiger partial charge in [0.05, 0.1) is 0 Å². The number of rotatable bonds is 2. The van der Waals surface area contributed by atoms with Gasteiger partial charge < -0.3 is 4.90 Å². The standard InChI is InChI=1S/C10H19NO/c1-3-4-9-5-6-10(12)11(2)8-7-9/h9H,3-8H2,1-2H3. The van der Waals surface area contributed by atoms with Crippen LogP contribution < -0.4 is 0 Å². The molecule has 1 atom stereocenters. The third-order valence-corrected chi connectivity index (χ3v) is 2.76. The van der Waals surface area contributed by atoms with Gasteiger partial charge in [-0.1, -0.05) is 19.8 Å². The molecule has 0 radical (unpaired) electrons. The summed E-state index contributed by atoms with van der Waals surface area (Å²) in [6, 6.07) is 0. The zero-order valence-electron chi connectivity index (χ0n) is 8.18. The third kappa shape index (κ3) is 2.50. The Balaban J connectivity index is 2.38. The summed E-state index contributed by atoms with van der Waals surface area (Å²) in [5, 5.41) is 0. The van der Waals surface area contributed by atoms with Crippen LogP contribution in [0.3, 0.4) is 0 Å². The van der Waals surface area contributed by atoms with Gasteiger partial charge >= 0.3 is 0 Å². The molecule has 2 heteroatoms. The van der Waals surface area contributed by atoms with Crippen LogP contribution in [0.25, 0.3) is 0 Å². The largest absolute Gasteiger partial charge is 0.346 e. The minimum Gasteiger partial charge on any atom is -0.346 e. The molecule has 1 aliphatic rings. The van der Waals surface area contributed by atoms with E-state index >= 15 is 0 Å². The van der Waals surface area contributed by atoms with E-state index in [1.54, 1.807) is 0 Å². The minimum atomic E-state index is 0.327. The molecule has 0 aromatic rings. The highest BCUT2D eigenvalue weighted by atomic mass is 16.2. The normalized spacial score (nSPS) is 25.7. The highest BCUT2D eigenvalue weighted by Crippen LogP contribution is 2.21. The van der Waals surface area contributed by atoms with Crippen LogP contribution in [-0.2, 0) is 4.79 Å². The predicted molar refractivity (Wildman–Crippen MR) is 49.9 cm³/mol. The van der Waals surface area contributed by atoms with Crippen molar-refractivity contribution in [2.45, 2.75) is 39.0 Å². The average molecular weight is 169 g/mol. The van der Waals surface area contributed by atoms with Crippen molar-refractivity contribution in [2.24, 2.45) is 5.92 Å². The molecule has 0 aromatic heterocycles. The van der Waals surface area contributed by atoms with Crippen molar-refractivity contribution in [1.82, 2.24) is 4.90 Å². The molecule has 1 unspecified atom stereocenters. The van der Waals surface area contributed by atoms with Crippen LogP contribution in [0.5, 0.6) is 0 Å². The van der Waals surface area contributed by atoms with Gasteiger partial charge in [-0.25, -0.2) is 0 Å². The molecule has 1 amide bonds. The van der Waals surface area contributed by atoms with Crippen LogP contribution in [0.4, 0.5) is 0 Å². The molecule has 2 nitrogen and oxygen atoms in total. The third-order valence-electron chi connectivity index (χ3n) is 2.76. The molecule has 1 heterocycles. The number of nitrogens with zero attached hydrogens (tertiary/aromatic N) is 1. The van der Waals surface area contributed by atoms with Gasteiger partial charge in [0.1, 0.15) is 0 Å². The summed E-state index contributed by atoms with van der Waals surface area (Å²) in [6.45, 7) is 3.18. The summed E-state index contributed by atoms with van der Waals surface area (Å²) >= 11 is 0. The van der Waals surface area contributed by atoms with Crippen molar-refractivity contribution < 1.29 is 4.79 Å². The summed E-state index contributed by atoms with van der Waals surface area (Å²) in [5.74, 6) is 1.12. The van der Waals surface area contributed by atoms with Crippen LogP contribution in [0.15, 0.2) is 0 Å². The quantitative estimate of drug-likeness (QED) is 0.619. The van der Waals surface area contributed by atoms with Crippen LogP contribution >= 0.6 is 0 Å². The Kier molecular flexibility index (Phi) is 3.57. The Morgan fingerprint density at radius 2 is 2.25 bits per heavy atom. The van der Waals surface area contributed by atoms with Crippen molar-refractivity contribution in [1.29, 1.82) is 0 Å². The second-order valence-corrected chi connectivity index (χ2v) is 3.80. The first-order valence-corrected chi connectivity index (χ1v) is 4.98. The Bertz CT molecular complexity index is 156. The van der Waals surface area contributed by atoms with Crippen LogP contribution in [0, 0.1) is 5.92 Å². The van der Waals surface area contributed by atoms with Gasteiger partial charge in [-0.05, 0) is 18.8 Å². The topological polar surface area (TPSA) is 20.3 Å². The highest BCUT2D eigenvalue weighted by Gasteiger charge is 2.18. The number of carbonyl (C=O) groups is 1. The van der Waals surface area contributed by atoms with Gasteiger partial charge in [0.15, 0.2) is 0 Å². The van der Waals surface area contributed by atoms with Crippen molar-refractivity contribution in [3.8, 4) is 0 Å². The molecule has 0 saturated carbocycles. The maximum absolute atomic E-state index is 11.3. The average Bonchev–Trinajstić information content (AvgIpc) is 2.20. The molecule has 0 spiro atoms. The van der Waals surface area contributed by atoms with Crippen LogP contribution in [0.2, 0.25) is 0 Å². The number of hydrogen-bond acceptors (Lipinski definition) is 1. The molecule has 70 valence electrons. The highest BCUT2D eigenvalue weighted by molar-refractivity contribution is 5.76. The van der Waals surface area contributed by atoms with Gasteiger partial charge in [0, 0.05) is 20.0 Å². The predicted octanol–water partition coefficient (Wildman–Crippen LogP) is 2.04. The zero-order valence-corrected chi connectivity index (χ0v) is 8.18. The van der Waals surface area contributed by atoms with E-state index in [1.165, 1.54) is 19.3 Å². The summed E-state index contributed by atoms with van der Waals surface area (Å²) in [5.41, 5.74) is 0. The Hall–Kier alpha value is -0.530. The summed E-state index contributed by atoms with van der Waals surface area (Å²) in [7, 11) is 1.91. The van der Waals surface area contributed by atoms with E-state index < -0.39 is 0 Å². The maximum atomic E-state index is 11.3. The van der Waals surface area contributed by atoms with Crippen LogP contribution in [-0.4, -0.2) is 24.4 Å². The number of amides is 1. The number of likely N-dealkylation sites (tertiary alicyclic amines) is 1. The first-order valence-electron chi connectivity index (χ1n) is 4.98. The molecule has 0 aliphatic carbocycles. The van der Waals surface area contributed by atoms with E-state index in [2.05, 4.69) is 6.92 Å². The summed E-state index contributed by atoms with van der Waals surface area (Å²) in [4.78, 5) is 13.2. The molecule has 0 aromatic carbocycles. The van der Waals surface area contributed by atoms with E-state index in [9.17, 15) is 4.79 Å². The van der Waals surface area contributed by atoms with Gasteiger partial charge in [0.25, 0.3) is 0 Å².